The Labute approximate surface area is 517 Å². The highest BCUT2D eigenvalue weighted by atomic mass is 31.2. The van der Waals surface area contributed by atoms with Gasteiger partial charge in [-0.3, -0.25) is 23.4 Å². The van der Waals surface area contributed by atoms with Crippen molar-refractivity contribution in [2.45, 2.75) is 367 Å². The van der Waals surface area contributed by atoms with Crippen molar-refractivity contribution in [3.63, 3.8) is 0 Å². The summed E-state index contributed by atoms with van der Waals surface area (Å²) in [6.07, 6.45) is 74.9. The highest BCUT2D eigenvalue weighted by Gasteiger charge is 2.28. The molecule has 0 rings (SSSR count). The Hall–Kier alpha value is -2.56. The standard InChI is InChI=1S/C72H133O11P/c1-4-7-10-13-16-19-22-25-28-31-34-37-40-43-46-49-52-55-58-61-70(74)79-65-69(83-72(76)63-60-57-54-51-48-45-42-39-36-33-30-27-24-21-18-15-12-9-6-3)67-81-84(77,78)80-66-68(64-73)82-71(75)62-59-56-53-50-47-44-41-38-35-32-29-26-23-20-17-14-11-8-5-2/h7,10,16,19,25,28,34,37,68-69,73H,4-6,8-9,11-15,17-18,20-24,26-27,29-33,35-36,38-67H2,1-3H3,(H,77,78)/b10-7-,19-16-,28-25-,37-34-. The van der Waals surface area contributed by atoms with Gasteiger partial charge in [-0.05, 0) is 57.8 Å². The number of aliphatic hydroxyl groups excluding tert-OH is 1. The van der Waals surface area contributed by atoms with Gasteiger partial charge in [0.1, 0.15) is 12.7 Å². The monoisotopic (exact) mass is 1200 g/mol. The van der Waals surface area contributed by atoms with Crippen LogP contribution in [0.4, 0.5) is 0 Å². The van der Waals surface area contributed by atoms with E-state index in [0.29, 0.717) is 19.3 Å². The summed E-state index contributed by atoms with van der Waals surface area (Å²) in [7, 11) is -4.76. The Bertz CT molecular complexity index is 1600. The van der Waals surface area contributed by atoms with Crippen LogP contribution in [0.25, 0.3) is 0 Å². The first kappa shape index (κ1) is 81.4. The van der Waals surface area contributed by atoms with Crippen LogP contribution in [0, 0.1) is 0 Å². The third-order valence-corrected chi connectivity index (χ3v) is 16.7. The summed E-state index contributed by atoms with van der Waals surface area (Å²) in [5, 5.41) is 9.89. The number of carbonyl (C=O) groups excluding carboxylic acids is 3. The van der Waals surface area contributed by atoms with E-state index in [1.54, 1.807) is 0 Å². The summed E-state index contributed by atoms with van der Waals surface area (Å²) < 4.78 is 39.8. The van der Waals surface area contributed by atoms with E-state index in [-0.39, 0.29) is 25.9 Å². The van der Waals surface area contributed by atoms with Gasteiger partial charge in [-0.1, -0.05) is 326 Å². The Balaban J connectivity index is 4.64. The quantitative estimate of drug-likeness (QED) is 0.0197. The molecule has 492 valence electrons. The molecule has 84 heavy (non-hydrogen) atoms. The SMILES string of the molecule is CC/C=C\C/C=C\C/C=C\C/C=C\CCCCCCCCC(=O)OCC(COP(=O)(O)OCC(CO)OC(=O)CCCCCCCCCCCCCCCCCCCCC)OC(=O)CCCCCCCCCCCCCCCCCCCCC. The molecule has 0 fully saturated rings. The maximum atomic E-state index is 13.0. The molecular weight excluding hydrogens is 1070 g/mol. The maximum Gasteiger partial charge on any atom is 0.472 e. The van der Waals surface area contributed by atoms with Crippen LogP contribution in [0.5, 0.6) is 0 Å². The van der Waals surface area contributed by atoms with E-state index >= 15 is 0 Å². The number of rotatable bonds is 67. The number of carbonyl (C=O) groups is 3. The summed E-state index contributed by atoms with van der Waals surface area (Å²) in [6, 6.07) is 0. The summed E-state index contributed by atoms with van der Waals surface area (Å²) in [6.45, 7) is 4.62. The van der Waals surface area contributed by atoms with E-state index in [9.17, 15) is 28.9 Å². The first-order chi connectivity index (χ1) is 41.2. The molecule has 0 amide bonds. The molecule has 0 aromatic carbocycles. The number of hydrogen-bond donors (Lipinski definition) is 2. The zero-order chi connectivity index (χ0) is 61.2. The minimum atomic E-state index is -4.76. The molecule has 0 spiro atoms. The lowest BCUT2D eigenvalue weighted by molar-refractivity contribution is -0.161. The fourth-order valence-electron chi connectivity index (χ4n) is 10.4. The Morgan fingerprint density at radius 2 is 0.619 bits per heavy atom. The number of phosphoric acid groups is 1. The van der Waals surface area contributed by atoms with Crippen molar-refractivity contribution in [1.82, 2.24) is 0 Å². The molecular formula is C72H133O11P. The van der Waals surface area contributed by atoms with Crippen molar-refractivity contribution in [2.24, 2.45) is 0 Å². The van der Waals surface area contributed by atoms with Crippen molar-refractivity contribution in [3.8, 4) is 0 Å². The molecule has 0 heterocycles. The number of allylic oxidation sites excluding steroid dienone is 8. The Morgan fingerprint density at radius 1 is 0.345 bits per heavy atom. The highest BCUT2D eigenvalue weighted by molar-refractivity contribution is 7.47. The van der Waals surface area contributed by atoms with Crippen LogP contribution >= 0.6 is 7.82 Å². The van der Waals surface area contributed by atoms with Gasteiger partial charge in [0.15, 0.2) is 6.10 Å². The normalized spacial score (nSPS) is 13.4. The smallest absolute Gasteiger partial charge is 0.462 e. The van der Waals surface area contributed by atoms with E-state index in [0.717, 1.165) is 103 Å². The van der Waals surface area contributed by atoms with Crippen LogP contribution in [-0.4, -0.2) is 66.5 Å². The van der Waals surface area contributed by atoms with Gasteiger partial charge in [0.2, 0.25) is 0 Å². The second-order valence-corrected chi connectivity index (χ2v) is 25.5. The molecule has 0 aliphatic carbocycles. The van der Waals surface area contributed by atoms with Crippen LogP contribution in [0.15, 0.2) is 48.6 Å². The first-order valence-electron chi connectivity index (χ1n) is 35.5. The number of aliphatic hydroxyl groups is 1. The topological polar surface area (TPSA) is 155 Å². The van der Waals surface area contributed by atoms with Gasteiger partial charge >= 0.3 is 25.7 Å². The lowest BCUT2D eigenvalue weighted by Gasteiger charge is -2.21. The van der Waals surface area contributed by atoms with Gasteiger partial charge in [-0.15, -0.1) is 0 Å². The molecule has 0 aromatic heterocycles. The molecule has 11 nitrogen and oxygen atoms in total. The van der Waals surface area contributed by atoms with Crippen LogP contribution in [0.3, 0.4) is 0 Å². The predicted octanol–water partition coefficient (Wildman–Crippen LogP) is 22.0. The molecule has 0 saturated heterocycles. The fourth-order valence-corrected chi connectivity index (χ4v) is 11.2. The summed E-state index contributed by atoms with van der Waals surface area (Å²) in [5.74, 6) is -1.45. The van der Waals surface area contributed by atoms with E-state index in [4.69, 9.17) is 23.3 Å². The van der Waals surface area contributed by atoms with Crippen molar-refractivity contribution in [1.29, 1.82) is 0 Å². The molecule has 0 aliphatic heterocycles. The lowest BCUT2D eigenvalue weighted by atomic mass is 10.0. The maximum absolute atomic E-state index is 13.0. The molecule has 3 unspecified atom stereocenters. The average molecular weight is 1210 g/mol. The van der Waals surface area contributed by atoms with Crippen molar-refractivity contribution < 1.29 is 52.2 Å². The molecule has 2 N–H and O–H groups in total. The predicted molar refractivity (Wildman–Crippen MR) is 353 cm³/mol. The molecule has 3 atom stereocenters. The van der Waals surface area contributed by atoms with Gasteiger partial charge in [0.05, 0.1) is 19.8 Å². The number of ether oxygens (including phenoxy) is 3. The number of hydrogen-bond acceptors (Lipinski definition) is 10. The molecule has 0 aliphatic rings. The minimum Gasteiger partial charge on any atom is -0.462 e. The first-order valence-corrected chi connectivity index (χ1v) is 37.0. The minimum absolute atomic E-state index is 0.170. The third-order valence-electron chi connectivity index (χ3n) is 15.8. The van der Waals surface area contributed by atoms with Crippen molar-refractivity contribution >= 4 is 25.7 Å². The van der Waals surface area contributed by atoms with Gasteiger partial charge in [-0.2, -0.15) is 0 Å². The number of esters is 3. The molecule has 0 radical (unpaired) electrons. The van der Waals surface area contributed by atoms with Crippen LogP contribution < -0.4 is 0 Å². The zero-order valence-electron chi connectivity index (χ0n) is 54.9. The third kappa shape index (κ3) is 63.9. The Morgan fingerprint density at radius 3 is 0.952 bits per heavy atom. The van der Waals surface area contributed by atoms with Crippen molar-refractivity contribution in [3.05, 3.63) is 48.6 Å². The summed E-state index contributed by atoms with van der Waals surface area (Å²) >= 11 is 0. The van der Waals surface area contributed by atoms with Crippen LogP contribution in [-0.2, 0) is 42.2 Å². The van der Waals surface area contributed by atoms with E-state index in [1.165, 1.54) is 193 Å². The molecule has 0 saturated carbocycles. The van der Waals surface area contributed by atoms with Gasteiger partial charge < -0.3 is 24.2 Å². The summed E-state index contributed by atoms with van der Waals surface area (Å²) in [4.78, 5) is 48.9. The van der Waals surface area contributed by atoms with E-state index < -0.39 is 57.8 Å². The van der Waals surface area contributed by atoms with Gasteiger partial charge in [0.25, 0.3) is 0 Å². The Kier molecular flexibility index (Phi) is 64.4. The van der Waals surface area contributed by atoms with Gasteiger partial charge in [-0.25, -0.2) is 4.57 Å². The number of phosphoric ester groups is 1. The highest BCUT2D eigenvalue weighted by Crippen LogP contribution is 2.43. The average Bonchev–Trinajstić information content (AvgIpc) is 3.55. The van der Waals surface area contributed by atoms with Crippen molar-refractivity contribution in [2.75, 3.05) is 26.4 Å². The van der Waals surface area contributed by atoms with Gasteiger partial charge in [0, 0.05) is 19.3 Å². The van der Waals surface area contributed by atoms with E-state index in [1.807, 2.05) is 0 Å². The fraction of sp³-hybridized carbons (Fsp3) is 0.847. The second kappa shape index (κ2) is 66.4. The van der Waals surface area contributed by atoms with Crippen LogP contribution in [0.2, 0.25) is 0 Å². The largest absolute Gasteiger partial charge is 0.472 e. The second-order valence-electron chi connectivity index (χ2n) is 24.0. The lowest BCUT2D eigenvalue weighted by Crippen LogP contribution is -2.30. The molecule has 0 aromatic rings. The molecule has 0 bridgehead atoms. The summed E-state index contributed by atoms with van der Waals surface area (Å²) in [5.41, 5.74) is 0. The zero-order valence-corrected chi connectivity index (χ0v) is 55.8. The van der Waals surface area contributed by atoms with Crippen LogP contribution in [0.1, 0.15) is 355 Å². The number of unbranched alkanes of at least 4 members (excludes halogenated alkanes) is 42. The van der Waals surface area contributed by atoms with E-state index in [2.05, 4.69) is 69.4 Å². The molecule has 12 heteroatoms.